The molecule has 1 heteroatoms. The van der Waals surface area contributed by atoms with Crippen molar-refractivity contribution in [1.29, 1.82) is 0 Å². The molecule has 0 aliphatic heterocycles. The van der Waals surface area contributed by atoms with Crippen molar-refractivity contribution < 1.29 is 39.9 Å². The van der Waals surface area contributed by atoms with Crippen molar-refractivity contribution in [2.45, 2.75) is 72.1 Å². The first-order chi connectivity index (χ1) is 5.81. The zero-order valence-electron chi connectivity index (χ0n) is 9.73. The monoisotopic (exact) mass is 402 g/mol. The summed E-state index contributed by atoms with van der Waals surface area (Å²) in [6, 6.07) is 0. The molecule has 0 bridgehead atoms. The van der Waals surface area contributed by atoms with E-state index in [0.717, 1.165) is 5.92 Å². The van der Waals surface area contributed by atoms with Crippen LogP contribution in [0.15, 0.2) is 0 Å². The van der Waals surface area contributed by atoms with Gasteiger partial charge in [0.2, 0.25) is 0 Å². The van der Waals surface area contributed by atoms with Gasteiger partial charge in [0.25, 0.3) is 0 Å². The molecule has 78 valence electrons. The van der Waals surface area contributed by atoms with Crippen LogP contribution in [0.5, 0.6) is 0 Å². The maximum absolute atomic E-state index is 2.40. The Hall–Kier alpha value is 1.32. The summed E-state index contributed by atoms with van der Waals surface area (Å²) in [6.07, 6.45) is 11.4. The van der Waals surface area contributed by atoms with Crippen LogP contribution in [0.2, 0.25) is 0 Å². The van der Waals surface area contributed by atoms with Crippen LogP contribution in [0.4, 0.5) is 0 Å². The number of rotatable bonds is 8. The summed E-state index contributed by atoms with van der Waals surface area (Å²) in [5.41, 5.74) is 0. The molecule has 13 heavy (non-hydrogen) atoms. The molecule has 1 atom stereocenters. The topological polar surface area (TPSA) is 0 Å². The van der Waals surface area contributed by atoms with E-state index in [1.165, 1.54) is 51.4 Å². The van der Waals surface area contributed by atoms with Gasteiger partial charge < -0.3 is 0 Å². The number of hydrogen-bond donors (Lipinski definition) is 0. The second-order valence-corrected chi connectivity index (χ2v) is 4.10. The van der Waals surface area contributed by atoms with Crippen LogP contribution in [0.1, 0.15) is 72.1 Å². The predicted octanol–water partition coefficient (Wildman–Crippen LogP) is 4.78. The maximum Gasteiger partial charge on any atom is 0 e. The molecule has 0 fully saturated rings. The van der Waals surface area contributed by atoms with Gasteiger partial charge in [-0.15, -0.1) is 0 Å². The van der Waals surface area contributed by atoms with Gasteiger partial charge in [0.05, 0.1) is 0 Å². The van der Waals surface area contributed by atoms with Crippen molar-refractivity contribution in [2.75, 3.05) is 0 Å². The van der Waals surface area contributed by atoms with Crippen LogP contribution >= 0.6 is 0 Å². The minimum Gasteiger partial charge on any atom is -0.0654 e. The van der Waals surface area contributed by atoms with E-state index in [1.54, 1.807) is 0 Å². The van der Waals surface area contributed by atoms with E-state index in [-0.39, 0.29) is 39.9 Å². The minimum absolute atomic E-state index is 0. The smallest absolute Gasteiger partial charge is 0 e. The van der Waals surface area contributed by atoms with E-state index in [4.69, 9.17) is 0 Å². The molecule has 0 radical (unpaired) electrons. The molecule has 0 rings (SSSR count). The van der Waals surface area contributed by atoms with Gasteiger partial charge in [-0.3, -0.25) is 0 Å². The van der Waals surface area contributed by atoms with Gasteiger partial charge in [-0.05, 0) is 5.92 Å². The summed E-state index contributed by atoms with van der Waals surface area (Å²) in [4.78, 5) is 0. The van der Waals surface area contributed by atoms with Crippen molar-refractivity contribution in [1.82, 2.24) is 0 Å². The molecular weight excluding hydrogens is 376 g/mol. The predicted molar refractivity (Wildman–Crippen MR) is 57.4 cm³/mol. The van der Waals surface area contributed by atoms with E-state index in [2.05, 4.69) is 20.8 Å². The van der Waals surface area contributed by atoms with E-state index in [9.17, 15) is 0 Å². The zero-order valence-corrected chi connectivity index (χ0v) is 13.8. The maximum atomic E-state index is 2.40. The zero-order chi connectivity index (χ0) is 9.23. The Kier molecular flexibility index (Phi) is 17.2. The summed E-state index contributed by atoms with van der Waals surface area (Å²) in [7, 11) is 0. The third-order valence-corrected chi connectivity index (χ3v) is 2.60. The van der Waals surface area contributed by atoms with Crippen LogP contribution in [-0.4, -0.2) is 0 Å². The summed E-state index contributed by atoms with van der Waals surface area (Å²) >= 11 is 0. The SMILES string of the molecule is CCCCCCC(C)CCCC.[Th]. The van der Waals surface area contributed by atoms with Crippen LogP contribution in [0.25, 0.3) is 0 Å². The largest absolute Gasteiger partial charge is 0.0654 e. The Morgan fingerprint density at radius 3 is 1.85 bits per heavy atom. The molecule has 0 aromatic carbocycles. The van der Waals surface area contributed by atoms with Crippen molar-refractivity contribution in [3.05, 3.63) is 0 Å². The van der Waals surface area contributed by atoms with Crippen LogP contribution < -0.4 is 0 Å². The third-order valence-electron chi connectivity index (χ3n) is 2.60. The Bertz CT molecular complexity index is 81.2. The average Bonchev–Trinajstić information content (AvgIpc) is 2.09. The fourth-order valence-electron chi connectivity index (χ4n) is 1.62. The summed E-state index contributed by atoms with van der Waals surface area (Å²) in [5, 5.41) is 0. The molecule has 0 spiro atoms. The molecule has 0 aromatic heterocycles. The molecule has 0 aliphatic rings. The molecular formula is C12H26Th. The standard InChI is InChI=1S/C12H26.Th/c1-4-6-8-9-11-12(3)10-7-5-2;/h12H,4-11H2,1-3H3;. The van der Waals surface area contributed by atoms with Crippen LogP contribution in [0, 0.1) is 45.9 Å². The number of unbranched alkanes of at least 4 members (excludes halogenated alkanes) is 4. The van der Waals surface area contributed by atoms with Crippen molar-refractivity contribution >= 4 is 0 Å². The molecule has 0 aliphatic carbocycles. The first kappa shape index (κ1) is 16.7. The van der Waals surface area contributed by atoms with Crippen molar-refractivity contribution in [3.8, 4) is 0 Å². The van der Waals surface area contributed by atoms with Crippen LogP contribution in [0.3, 0.4) is 0 Å². The molecule has 1 unspecified atom stereocenters. The molecule has 0 aromatic rings. The molecule has 0 saturated heterocycles. The van der Waals surface area contributed by atoms with Crippen molar-refractivity contribution in [2.24, 2.45) is 5.92 Å². The summed E-state index contributed by atoms with van der Waals surface area (Å²) in [6.45, 7) is 6.96. The van der Waals surface area contributed by atoms with Crippen molar-refractivity contribution in [3.63, 3.8) is 0 Å². The quantitative estimate of drug-likeness (QED) is 0.513. The average molecular weight is 402 g/mol. The third kappa shape index (κ3) is 13.3. The second-order valence-electron chi connectivity index (χ2n) is 4.10. The molecule has 0 nitrogen and oxygen atoms in total. The Balaban J connectivity index is 0. The molecule has 0 amide bonds. The Morgan fingerprint density at radius 2 is 1.31 bits per heavy atom. The summed E-state index contributed by atoms with van der Waals surface area (Å²) in [5.74, 6) is 0.974. The van der Waals surface area contributed by atoms with Gasteiger partial charge in [0, 0.05) is 39.9 Å². The van der Waals surface area contributed by atoms with Gasteiger partial charge >= 0.3 is 0 Å². The fraction of sp³-hybridized carbons (Fsp3) is 1.00. The van der Waals surface area contributed by atoms with Gasteiger partial charge in [0.1, 0.15) is 0 Å². The van der Waals surface area contributed by atoms with E-state index in [1.807, 2.05) is 0 Å². The Morgan fingerprint density at radius 1 is 0.769 bits per heavy atom. The number of hydrogen-bond acceptors (Lipinski definition) is 0. The molecule has 0 saturated carbocycles. The van der Waals surface area contributed by atoms with E-state index in [0.29, 0.717) is 0 Å². The van der Waals surface area contributed by atoms with Crippen LogP contribution in [-0.2, 0) is 0 Å². The van der Waals surface area contributed by atoms with Gasteiger partial charge in [-0.1, -0.05) is 72.1 Å². The minimum atomic E-state index is 0. The van der Waals surface area contributed by atoms with E-state index >= 15 is 0 Å². The fourth-order valence-corrected chi connectivity index (χ4v) is 1.62. The van der Waals surface area contributed by atoms with Gasteiger partial charge in [-0.25, -0.2) is 0 Å². The second kappa shape index (κ2) is 13.3. The van der Waals surface area contributed by atoms with Gasteiger partial charge in [0.15, 0.2) is 0 Å². The van der Waals surface area contributed by atoms with E-state index < -0.39 is 0 Å². The first-order valence-corrected chi connectivity index (χ1v) is 5.81. The van der Waals surface area contributed by atoms with Gasteiger partial charge in [-0.2, -0.15) is 0 Å². The first-order valence-electron chi connectivity index (χ1n) is 5.81. The molecule has 0 heterocycles. The molecule has 0 N–H and O–H groups in total. The summed E-state index contributed by atoms with van der Waals surface area (Å²) < 4.78 is 0. The normalized spacial score (nSPS) is 12.2. The Labute approximate surface area is 117 Å².